The first-order chi connectivity index (χ1) is 32.0. The third kappa shape index (κ3) is 15.0. The number of carboxylic acid groups (broad SMARTS) is 1. The Morgan fingerprint density at radius 2 is 0.884 bits per heavy atom. The van der Waals surface area contributed by atoms with Gasteiger partial charge in [0.25, 0.3) is 0 Å². The Bertz CT molecular complexity index is 2590. The minimum absolute atomic E-state index is 0.0653. The van der Waals surface area contributed by atoms with E-state index in [2.05, 4.69) is 37.2 Å². The molecule has 4 aromatic rings. The number of amides is 7. The number of benzene rings is 4. The van der Waals surface area contributed by atoms with Crippen LogP contribution in [0.15, 0.2) is 97.1 Å². The topological polar surface area (TPSA) is 284 Å². The van der Waals surface area contributed by atoms with E-state index in [0.29, 0.717) is 16.7 Å². The molecule has 0 aliphatic heterocycles. The number of carbonyl (C=O) groups is 9. The zero-order valence-electron chi connectivity index (χ0n) is 40.7. The molecule has 0 aliphatic carbocycles. The second-order valence-electron chi connectivity index (χ2n) is 19.3. The quantitative estimate of drug-likeness (QED) is 0.0547. The maximum Gasteiger partial charge on any atom is 0.325 e. The molecule has 0 radical (unpaired) electrons. The molecule has 368 valence electrons. The minimum atomic E-state index is -1.72. The minimum Gasteiger partial charge on any atom is -0.480 e. The lowest BCUT2D eigenvalue weighted by molar-refractivity contribution is -0.142. The van der Waals surface area contributed by atoms with Crippen LogP contribution in [0.2, 0.25) is 0 Å². The van der Waals surface area contributed by atoms with Crippen molar-refractivity contribution in [2.24, 2.45) is 5.73 Å². The second kappa shape index (κ2) is 22.1. The summed E-state index contributed by atoms with van der Waals surface area (Å²) in [6, 6.07) is 23.2. The fourth-order valence-corrected chi connectivity index (χ4v) is 6.75. The number of carboxylic acids is 1. The van der Waals surface area contributed by atoms with Crippen molar-refractivity contribution in [3.63, 3.8) is 0 Å². The van der Waals surface area contributed by atoms with E-state index < -0.39 is 93.6 Å². The zero-order valence-corrected chi connectivity index (χ0v) is 40.7. The van der Waals surface area contributed by atoms with Crippen molar-refractivity contribution in [1.29, 1.82) is 0 Å². The number of hydrogen-bond donors (Lipinski definition) is 9. The first-order valence-electron chi connectivity index (χ1n) is 22.4. The highest BCUT2D eigenvalue weighted by Crippen LogP contribution is 2.19. The van der Waals surface area contributed by atoms with Crippen LogP contribution in [-0.4, -0.2) is 105 Å². The summed E-state index contributed by atoms with van der Waals surface area (Å²) in [6.07, 6.45) is -0.0788. The molecule has 0 saturated heterocycles. The van der Waals surface area contributed by atoms with Gasteiger partial charge in [0.1, 0.15) is 40.8 Å². The second-order valence-corrected chi connectivity index (χ2v) is 19.3. The van der Waals surface area contributed by atoms with Gasteiger partial charge in [-0.2, -0.15) is 0 Å². The molecular weight excluding hydrogens is 885 g/mol. The Morgan fingerprint density at radius 1 is 0.478 bits per heavy atom. The molecule has 18 nitrogen and oxygen atoms in total. The van der Waals surface area contributed by atoms with Gasteiger partial charge in [-0.3, -0.25) is 43.2 Å². The molecule has 0 fully saturated rings. The van der Waals surface area contributed by atoms with Gasteiger partial charge in [0.2, 0.25) is 41.4 Å². The van der Waals surface area contributed by atoms with E-state index in [1.165, 1.54) is 69.2 Å². The van der Waals surface area contributed by atoms with E-state index in [1.54, 1.807) is 54.6 Å². The number of nitrogens with two attached hydrogens (primary N) is 1. The Morgan fingerprint density at radius 3 is 1.39 bits per heavy atom. The molecule has 69 heavy (non-hydrogen) atoms. The van der Waals surface area contributed by atoms with Crippen molar-refractivity contribution in [2.75, 3.05) is 0 Å². The number of ketones is 1. The molecule has 4 atom stereocenters. The zero-order chi connectivity index (χ0) is 51.6. The number of hydrogen-bond acceptors (Lipinski definition) is 10. The van der Waals surface area contributed by atoms with Gasteiger partial charge in [0, 0.05) is 24.0 Å². The number of carbonyl (C=O) groups excluding carboxylic acids is 8. The first-order valence-corrected chi connectivity index (χ1v) is 22.4. The van der Waals surface area contributed by atoms with Gasteiger partial charge in [0.05, 0.1) is 5.54 Å². The normalized spacial score (nSPS) is 13.6. The van der Waals surface area contributed by atoms with E-state index in [9.17, 15) is 48.3 Å². The van der Waals surface area contributed by atoms with Crippen LogP contribution in [0.4, 0.5) is 0 Å². The fraction of sp³-hybridized carbons (Fsp3) is 0.392. The van der Waals surface area contributed by atoms with Crippen molar-refractivity contribution in [3.8, 4) is 0 Å². The summed E-state index contributed by atoms with van der Waals surface area (Å²) in [6.45, 7) is 13.9. The summed E-state index contributed by atoms with van der Waals surface area (Å²) in [5.41, 5.74) is 1.79. The summed E-state index contributed by atoms with van der Waals surface area (Å²) in [5.74, 6) is -6.86. The molecular formula is C51H64N8O10. The Balaban J connectivity index is 1.47. The van der Waals surface area contributed by atoms with Crippen molar-refractivity contribution in [1.82, 2.24) is 37.2 Å². The SMILES string of the molecule is CC(NC(=O)C(C)(C)NC(=O)C(Cc1ccc(C(=O)c2ccccc2)cc1)NC(=O)C(C)(C)NC(=O)C(C)NC(=O)C(C)(C)NC(=O)C(Cc1ccc2ccccc2c1)NC(=O)C(C)(C)N)C(=O)O. The lowest BCUT2D eigenvalue weighted by atomic mass is 9.97. The average molecular weight is 949 g/mol. The molecule has 7 amide bonds. The first kappa shape index (κ1) is 54.1. The molecule has 0 spiro atoms. The maximum atomic E-state index is 14.0. The van der Waals surface area contributed by atoms with Gasteiger partial charge >= 0.3 is 5.97 Å². The van der Waals surface area contributed by atoms with Crippen LogP contribution in [0.5, 0.6) is 0 Å². The molecule has 0 bridgehead atoms. The van der Waals surface area contributed by atoms with Crippen LogP contribution in [-0.2, 0) is 51.2 Å². The van der Waals surface area contributed by atoms with Crippen LogP contribution in [0.25, 0.3) is 10.8 Å². The highest BCUT2D eigenvalue weighted by molar-refractivity contribution is 6.09. The van der Waals surface area contributed by atoms with Crippen LogP contribution in [0.3, 0.4) is 0 Å². The fourth-order valence-electron chi connectivity index (χ4n) is 6.75. The maximum absolute atomic E-state index is 14.0. The van der Waals surface area contributed by atoms with Crippen LogP contribution >= 0.6 is 0 Å². The van der Waals surface area contributed by atoms with E-state index in [1.807, 2.05) is 42.5 Å². The van der Waals surface area contributed by atoms with Crippen LogP contribution in [0, 0.1) is 0 Å². The Labute approximate surface area is 401 Å². The van der Waals surface area contributed by atoms with Crippen LogP contribution in [0.1, 0.15) is 96.3 Å². The third-order valence-electron chi connectivity index (χ3n) is 11.2. The van der Waals surface area contributed by atoms with E-state index >= 15 is 0 Å². The lowest BCUT2D eigenvalue weighted by Crippen LogP contribution is -2.65. The Hall–Kier alpha value is -7.47. The predicted octanol–water partition coefficient (Wildman–Crippen LogP) is 2.34. The summed E-state index contributed by atoms with van der Waals surface area (Å²) < 4.78 is 0. The summed E-state index contributed by atoms with van der Waals surface area (Å²) in [5, 5.41) is 29.3. The lowest BCUT2D eigenvalue weighted by Gasteiger charge is -2.32. The van der Waals surface area contributed by atoms with E-state index in [-0.39, 0.29) is 18.6 Å². The molecule has 18 heteroatoms. The molecule has 4 aromatic carbocycles. The van der Waals surface area contributed by atoms with Crippen molar-refractivity contribution in [3.05, 3.63) is 119 Å². The number of aliphatic carboxylic acids is 1. The number of rotatable bonds is 21. The summed E-state index contributed by atoms with van der Waals surface area (Å²) in [7, 11) is 0. The van der Waals surface area contributed by atoms with Gasteiger partial charge in [-0.05, 0) is 91.1 Å². The molecule has 4 unspecified atom stereocenters. The smallest absolute Gasteiger partial charge is 0.325 e. The van der Waals surface area contributed by atoms with E-state index in [4.69, 9.17) is 5.73 Å². The predicted molar refractivity (Wildman–Crippen MR) is 259 cm³/mol. The van der Waals surface area contributed by atoms with Gasteiger partial charge in [-0.25, -0.2) is 0 Å². The Kier molecular flexibility index (Phi) is 17.3. The molecule has 0 heterocycles. The van der Waals surface area contributed by atoms with Gasteiger partial charge < -0.3 is 48.1 Å². The molecule has 10 N–H and O–H groups in total. The molecule has 0 saturated carbocycles. The molecule has 0 aliphatic rings. The van der Waals surface area contributed by atoms with Crippen molar-refractivity contribution in [2.45, 2.75) is 128 Å². The average Bonchev–Trinajstić information content (AvgIpc) is 3.27. The molecule has 0 aromatic heterocycles. The largest absolute Gasteiger partial charge is 0.480 e. The number of nitrogens with one attached hydrogen (secondary N) is 7. The van der Waals surface area contributed by atoms with Crippen molar-refractivity contribution >= 4 is 63.9 Å². The summed E-state index contributed by atoms with van der Waals surface area (Å²) >= 11 is 0. The van der Waals surface area contributed by atoms with Crippen molar-refractivity contribution < 1.29 is 48.3 Å². The highest BCUT2D eigenvalue weighted by atomic mass is 16.4. The number of fused-ring (bicyclic) bond motifs is 1. The standard InChI is InChI=1S/C51H64N8O10/c1-29(53-45(67)49(5,6)59-42(63)38(55-44(66)48(3,4)52)28-32-22-23-33-16-14-15-19-36(33)26-32)40(61)57-51(9,10)47(69)56-37(41(62)58-50(7,8)46(68)54-30(2)43(64)65)27-31-20-24-35(25-21-31)39(60)34-17-12-11-13-18-34/h11-26,29-30,37-38H,27-28,52H2,1-10H3,(H,53,67)(H,54,68)(H,55,66)(H,56,69)(H,57,61)(H,58,62)(H,59,63)(H,64,65). The monoisotopic (exact) mass is 948 g/mol. The van der Waals surface area contributed by atoms with Gasteiger partial charge in [-0.1, -0.05) is 97.1 Å². The van der Waals surface area contributed by atoms with Gasteiger partial charge in [0.15, 0.2) is 5.78 Å². The third-order valence-corrected chi connectivity index (χ3v) is 11.2. The summed E-state index contributed by atoms with van der Waals surface area (Å²) in [4.78, 5) is 120. The van der Waals surface area contributed by atoms with Gasteiger partial charge in [-0.15, -0.1) is 0 Å². The van der Waals surface area contributed by atoms with E-state index in [0.717, 1.165) is 16.3 Å². The highest BCUT2D eigenvalue weighted by Gasteiger charge is 2.39. The van der Waals surface area contributed by atoms with Crippen LogP contribution < -0.4 is 43.0 Å². The molecule has 4 rings (SSSR count).